The molecule has 5 nitrogen and oxygen atoms in total. The number of benzene rings is 2. The van der Waals surface area contributed by atoms with Crippen molar-refractivity contribution in [2.75, 3.05) is 26.8 Å². The molecule has 0 spiro atoms. The molecule has 26 heavy (non-hydrogen) atoms. The van der Waals surface area contributed by atoms with Crippen LogP contribution < -0.4 is 20.1 Å². The van der Waals surface area contributed by atoms with Gasteiger partial charge in [-0.25, -0.2) is 0 Å². The highest BCUT2D eigenvalue weighted by Crippen LogP contribution is 2.28. The Balaban J connectivity index is 1.84. The van der Waals surface area contributed by atoms with Gasteiger partial charge in [-0.1, -0.05) is 36.4 Å². The van der Waals surface area contributed by atoms with Crippen molar-refractivity contribution in [1.29, 1.82) is 0 Å². The van der Waals surface area contributed by atoms with Crippen LogP contribution in [0, 0.1) is 0 Å². The second-order valence-corrected chi connectivity index (χ2v) is 5.74. The lowest BCUT2D eigenvalue weighted by Crippen LogP contribution is -2.37. The van der Waals surface area contributed by atoms with Gasteiger partial charge in [0.2, 0.25) is 0 Å². The van der Waals surface area contributed by atoms with Crippen LogP contribution in [0.2, 0.25) is 0 Å². The standard InChI is InChI=1S/C21H29N3O2/c1-4-25-19-12-11-17(15-20(19)26-5-2)13-14-23-21(22-3)24-16-18-9-7-6-8-10-18/h6-12,15H,4-5,13-14,16H2,1-3H3,(H2,22,23,24). The number of nitrogens with one attached hydrogen (secondary N) is 2. The summed E-state index contributed by atoms with van der Waals surface area (Å²) in [6.45, 7) is 6.74. The maximum absolute atomic E-state index is 5.68. The van der Waals surface area contributed by atoms with Crippen molar-refractivity contribution in [3.05, 3.63) is 59.7 Å². The van der Waals surface area contributed by atoms with Gasteiger partial charge in [-0.2, -0.15) is 0 Å². The topological polar surface area (TPSA) is 54.9 Å². The number of ether oxygens (including phenoxy) is 2. The lowest BCUT2D eigenvalue weighted by molar-refractivity contribution is 0.287. The minimum absolute atomic E-state index is 0.623. The highest BCUT2D eigenvalue weighted by Gasteiger charge is 2.06. The van der Waals surface area contributed by atoms with Crippen molar-refractivity contribution in [3.63, 3.8) is 0 Å². The molecule has 0 saturated heterocycles. The highest BCUT2D eigenvalue weighted by atomic mass is 16.5. The summed E-state index contributed by atoms with van der Waals surface area (Å²) >= 11 is 0. The molecule has 0 aromatic heterocycles. The number of nitrogens with zero attached hydrogens (tertiary/aromatic N) is 1. The first-order valence-electron chi connectivity index (χ1n) is 9.13. The van der Waals surface area contributed by atoms with Crippen molar-refractivity contribution in [1.82, 2.24) is 10.6 Å². The van der Waals surface area contributed by atoms with Crippen LogP contribution in [0.5, 0.6) is 11.5 Å². The Hall–Kier alpha value is -2.69. The zero-order valence-electron chi connectivity index (χ0n) is 15.9. The largest absolute Gasteiger partial charge is 0.490 e. The van der Waals surface area contributed by atoms with Gasteiger partial charge in [-0.3, -0.25) is 4.99 Å². The first-order valence-corrected chi connectivity index (χ1v) is 9.13. The molecule has 140 valence electrons. The Morgan fingerprint density at radius 2 is 1.62 bits per heavy atom. The van der Waals surface area contributed by atoms with Crippen LogP contribution in [0.1, 0.15) is 25.0 Å². The number of aliphatic imine (C=N–C) groups is 1. The van der Waals surface area contributed by atoms with Crippen molar-refractivity contribution in [3.8, 4) is 11.5 Å². The Bertz CT molecular complexity index is 687. The number of hydrogen-bond donors (Lipinski definition) is 2. The van der Waals surface area contributed by atoms with E-state index < -0.39 is 0 Å². The average Bonchev–Trinajstić information content (AvgIpc) is 2.67. The normalized spacial score (nSPS) is 11.1. The van der Waals surface area contributed by atoms with Gasteiger partial charge in [-0.15, -0.1) is 0 Å². The summed E-state index contributed by atoms with van der Waals surface area (Å²) in [5.41, 5.74) is 2.42. The number of hydrogen-bond acceptors (Lipinski definition) is 3. The van der Waals surface area contributed by atoms with E-state index in [0.717, 1.165) is 37.0 Å². The molecule has 0 atom stereocenters. The van der Waals surface area contributed by atoms with Gasteiger partial charge in [0.05, 0.1) is 13.2 Å². The predicted molar refractivity (Wildman–Crippen MR) is 107 cm³/mol. The molecular formula is C21H29N3O2. The molecule has 0 bridgehead atoms. The second kappa shape index (κ2) is 11.0. The fourth-order valence-electron chi connectivity index (χ4n) is 2.58. The van der Waals surface area contributed by atoms with Crippen LogP contribution in [-0.4, -0.2) is 32.8 Å². The van der Waals surface area contributed by atoms with Crippen LogP contribution in [0.25, 0.3) is 0 Å². The van der Waals surface area contributed by atoms with E-state index in [1.807, 2.05) is 38.1 Å². The molecule has 2 aromatic rings. The van der Waals surface area contributed by atoms with Crippen molar-refractivity contribution < 1.29 is 9.47 Å². The summed E-state index contributed by atoms with van der Waals surface area (Å²) in [5.74, 6) is 2.40. The van der Waals surface area contributed by atoms with Crippen molar-refractivity contribution >= 4 is 5.96 Å². The van der Waals surface area contributed by atoms with Gasteiger partial charge in [0.1, 0.15) is 0 Å². The molecule has 0 aliphatic heterocycles. The van der Waals surface area contributed by atoms with E-state index in [4.69, 9.17) is 9.47 Å². The van der Waals surface area contributed by atoms with Crippen LogP contribution in [0.4, 0.5) is 0 Å². The third kappa shape index (κ3) is 6.31. The Labute approximate surface area is 156 Å². The third-order valence-electron chi connectivity index (χ3n) is 3.84. The fraction of sp³-hybridized carbons (Fsp3) is 0.381. The van der Waals surface area contributed by atoms with Gasteiger partial charge < -0.3 is 20.1 Å². The van der Waals surface area contributed by atoms with E-state index in [1.165, 1.54) is 11.1 Å². The molecule has 2 rings (SSSR count). The molecule has 0 heterocycles. The van der Waals surface area contributed by atoms with E-state index >= 15 is 0 Å². The quantitative estimate of drug-likeness (QED) is 0.535. The average molecular weight is 355 g/mol. The van der Waals surface area contributed by atoms with Crippen LogP contribution >= 0.6 is 0 Å². The first kappa shape index (κ1) is 19.6. The molecule has 5 heteroatoms. The number of guanidine groups is 1. The summed E-state index contributed by atoms with van der Waals surface area (Å²) in [6.07, 6.45) is 0.874. The summed E-state index contributed by atoms with van der Waals surface area (Å²) in [7, 11) is 1.78. The van der Waals surface area contributed by atoms with E-state index in [-0.39, 0.29) is 0 Å². The van der Waals surface area contributed by atoms with Gasteiger partial charge in [0, 0.05) is 20.1 Å². The van der Waals surface area contributed by atoms with E-state index in [1.54, 1.807) is 7.05 Å². The maximum Gasteiger partial charge on any atom is 0.191 e. The first-order chi connectivity index (χ1) is 12.8. The molecule has 0 aliphatic rings. The molecule has 0 aliphatic carbocycles. The smallest absolute Gasteiger partial charge is 0.191 e. The van der Waals surface area contributed by atoms with E-state index in [2.05, 4.69) is 39.9 Å². The molecule has 2 N–H and O–H groups in total. The van der Waals surface area contributed by atoms with Crippen molar-refractivity contribution in [2.45, 2.75) is 26.8 Å². The molecule has 0 fully saturated rings. The fourth-order valence-corrected chi connectivity index (χ4v) is 2.58. The summed E-state index contributed by atoms with van der Waals surface area (Å²) in [6, 6.07) is 16.4. The van der Waals surface area contributed by atoms with E-state index in [9.17, 15) is 0 Å². The summed E-state index contributed by atoms with van der Waals surface area (Å²) in [5, 5.41) is 6.67. The van der Waals surface area contributed by atoms with E-state index in [0.29, 0.717) is 13.2 Å². The molecule has 0 saturated carbocycles. The lowest BCUT2D eigenvalue weighted by atomic mass is 10.1. The third-order valence-corrected chi connectivity index (χ3v) is 3.84. The molecule has 0 unspecified atom stereocenters. The van der Waals surface area contributed by atoms with Crippen LogP contribution in [-0.2, 0) is 13.0 Å². The lowest BCUT2D eigenvalue weighted by Gasteiger charge is -2.14. The molecule has 0 radical (unpaired) electrons. The zero-order valence-corrected chi connectivity index (χ0v) is 15.9. The molecule has 0 amide bonds. The zero-order chi connectivity index (χ0) is 18.6. The van der Waals surface area contributed by atoms with Gasteiger partial charge in [-0.05, 0) is 43.5 Å². The Morgan fingerprint density at radius 1 is 0.885 bits per heavy atom. The molecular weight excluding hydrogens is 326 g/mol. The van der Waals surface area contributed by atoms with Gasteiger partial charge >= 0.3 is 0 Å². The number of rotatable bonds is 9. The maximum atomic E-state index is 5.68. The van der Waals surface area contributed by atoms with Gasteiger partial charge in [0.15, 0.2) is 17.5 Å². The Kier molecular flexibility index (Phi) is 8.33. The van der Waals surface area contributed by atoms with Crippen LogP contribution in [0.3, 0.4) is 0 Å². The van der Waals surface area contributed by atoms with Crippen molar-refractivity contribution in [2.24, 2.45) is 4.99 Å². The minimum Gasteiger partial charge on any atom is -0.490 e. The second-order valence-electron chi connectivity index (χ2n) is 5.74. The summed E-state index contributed by atoms with van der Waals surface area (Å²) < 4.78 is 11.3. The SMILES string of the molecule is CCOc1ccc(CCNC(=NC)NCc2ccccc2)cc1OCC. The minimum atomic E-state index is 0.623. The van der Waals surface area contributed by atoms with Gasteiger partial charge in [0.25, 0.3) is 0 Å². The molecule has 2 aromatic carbocycles. The summed E-state index contributed by atoms with van der Waals surface area (Å²) in [4.78, 5) is 4.27. The highest BCUT2D eigenvalue weighted by molar-refractivity contribution is 5.79. The predicted octanol–water partition coefficient (Wildman–Crippen LogP) is 3.39. The Morgan fingerprint density at radius 3 is 2.31 bits per heavy atom. The monoisotopic (exact) mass is 355 g/mol. The van der Waals surface area contributed by atoms with Crippen LogP contribution in [0.15, 0.2) is 53.5 Å².